The molecule has 2 aromatic carbocycles. The monoisotopic (exact) mass is 339 g/mol. The van der Waals surface area contributed by atoms with Crippen LogP contribution < -0.4 is 10.1 Å². The van der Waals surface area contributed by atoms with E-state index in [0.717, 1.165) is 5.56 Å². The van der Waals surface area contributed by atoms with Crippen LogP contribution in [0.1, 0.15) is 50.5 Å². The van der Waals surface area contributed by atoms with Crippen molar-refractivity contribution in [3.05, 3.63) is 59.7 Å². The van der Waals surface area contributed by atoms with Gasteiger partial charge in [0.05, 0.1) is 0 Å². The SMILES string of the molecule is CC(=O)c1cccc(NC(=O)C(C)Oc2cccc(C(C)(C)C)c2)c1. The van der Waals surface area contributed by atoms with E-state index in [4.69, 9.17) is 4.74 Å². The lowest BCUT2D eigenvalue weighted by atomic mass is 9.87. The van der Waals surface area contributed by atoms with Gasteiger partial charge in [-0.15, -0.1) is 0 Å². The Morgan fingerprint density at radius 1 is 1.04 bits per heavy atom. The molecular formula is C21H25NO3. The Bertz CT molecular complexity index is 775. The summed E-state index contributed by atoms with van der Waals surface area (Å²) in [5.74, 6) is 0.355. The maximum absolute atomic E-state index is 12.4. The first-order chi connectivity index (χ1) is 11.7. The molecule has 0 saturated carbocycles. The van der Waals surface area contributed by atoms with Gasteiger partial charge in [-0.25, -0.2) is 0 Å². The number of hydrogen-bond donors (Lipinski definition) is 1. The van der Waals surface area contributed by atoms with Crippen molar-refractivity contribution in [3.8, 4) is 5.75 Å². The number of carbonyl (C=O) groups is 2. The summed E-state index contributed by atoms with van der Waals surface area (Å²) >= 11 is 0. The number of Topliss-reactive ketones (excluding diaryl/α,β-unsaturated/α-hetero) is 1. The second-order valence-electron chi connectivity index (χ2n) is 7.16. The summed E-state index contributed by atoms with van der Waals surface area (Å²) in [6.07, 6.45) is -0.656. The molecule has 1 atom stereocenters. The molecule has 1 amide bonds. The van der Waals surface area contributed by atoms with E-state index in [2.05, 4.69) is 26.1 Å². The standard InChI is InChI=1S/C21H25NO3/c1-14(23)16-8-6-10-18(12-16)22-20(24)15(2)25-19-11-7-9-17(13-19)21(3,4)5/h6-13,15H,1-5H3,(H,22,24). The number of anilines is 1. The lowest BCUT2D eigenvalue weighted by molar-refractivity contribution is -0.122. The highest BCUT2D eigenvalue weighted by atomic mass is 16.5. The number of benzene rings is 2. The van der Waals surface area contributed by atoms with Crippen LogP contribution in [0.15, 0.2) is 48.5 Å². The van der Waals surface area contributed by atoms with Gasteiger partial charge in [0.15, 0.2) is 11.9 Å². The second-order valence-corrected chi connectivity index (χ2v) is 7.16. The van der Waals surface area contributed by atoms with E-state index in [-0.39, 0.29) is 17.1 Å². The Balaban J connectivity index is 2.06. The van der Waals surface area contributed by atoms with Crippen LogP contribution in [0.3, 0.4) is 0 Å². The fraction of sp³-hybridized carbons (Fsp3) is 0.333. The largest absolute Gasteiger partial charge is 0.481 e. The Morgan fingerprint density at radius 3 is 2.36 bits per heavy atom. The molecule has 2 rings (SSSR count). The number of amides is 1. The highest BCUT2D eigenvalue weighted by molar-refractivity contribution is 5.98. The quantitative estimate of drug-likeness (QED) is 0.810. The molecule has 4 nitrogen and oxygen atoms in total. The van der Waals surface area contributed by atoms with Crippen LogP contribution in [0, 0.1) is 0 Å². The van der Waals surface area contributed by atoms with Crippen LogP contribution in [0.2, 0.25) is 0 Å². The summed E-state index contributed by atoms with van der Waals surface area (Å²) < 4.78 is 5.78. The lowest BCUT2D eigenvalue weighted by Crippen LogP contribution is -2.30. The van der Waals surface area contributed by atoms with Crippen LogP contribution in [0.5, 0.6) is 5.75 Å². The minimum Gasteiger partial charge on any atom is -0.481 e. The zero-order valence-electron chi connectivity index (χ0n) is 15.4. The minimum atomic E-state index is -0.656. The van der Waals surface area contributed by atoms with Crippen LogP contribution >= 0.6 is 0 Å². The van der Waals surface area contributed by atoms with Crippen molar-refractivity contribution in [3.63, 3.8) is 0 Å². The first kappa shape index (κ1) is 18.7. The third-order valence-electron chi connectivity index (χ3n) is 3.92. The topological polar surface area (TPSA) is 55.4 Å². The molecular weight excluding hydrogens is 314 g/mol. The fourth-order valence-corrected chi connectivity index (χ4v) is 2.35. The number of carbonyl (C=O) groups excluding carboxylic acids is 2. The first-order valence-electron chi connectivity index (χ1n) is 8.36. The summed E-state index contributed by atoms with van der Waals surface area (Å²) in [7, 11) is 0. The number of nitrogens with one attached hydrogen (secondary N) is 1. The summed E-state index contributed by atoms with van der Waals surface area (Å²) in [5, 5.41) is 2.79. The summed E-state index contributed by atoms with van der Waals surface area (Å²) in [5.41, 5.74) is 2.30. The Labute approximate surface area is 149 Å². The Kier molecular flexibility index (Phi) is 5.62. The van der Waals surface area contributed by atoms with E-state index in [9.17, 15) is 9.59 Å². The highest BCUT2D eigenvalue weighted by Gasteiger charge is 2.18. The molecule has 0 bridgehead atoms. The van der Waals surface area contributed by atoms with Crippen molar-refractivity contribution in [2.75, 3.05) is 5.32 Å². The Hall–Kier alpha value is -2.62. The summed E-state index contributed by atoms with van der Waals surface area (Å²) in [4.78, 5) is 23.8. The first-order valence-corrected chi connectivity index (χ1v) is 8.36. The van der Waals surface area contributed by atoms with Crippen molar-refractivity contribution in [1.82, 2.24) is 0 Å². The van der Waals surface area contributed by atoms with E-state index in [1.54, 1.807) is 31.2 Å². The molecule has 0 spiro atoms. The molecule has 4 heteroatoms. The highest BCUT2D eigenvalue weighted by Crippen LogP contribution is 2.26. The van der Waals surface area contributed by atoms with Gasteiger partial charge >= 0.3 is 0 Å². The molecule has 0 aliphatic carbocycles. The van der Waals surface area contributed by atoms with E-state index in [1.165, 1.54) is 6.92 Å². The van der Waals surface area contributed by atoms with Gasteiger partial charge in [-0.1, -0.05) is 45.0 Å². The van der Waals surface area contributed by atoms with Crippen LogP contribution in [0.4, 0.5) is 5.69 Å². The molecule has 1 N–H and O–H groups in total. The maximum Gasteiger partial charge on any atom is 0.265 e. The average Bonchev–Trinajstić information content (AvgIpc) is 2.54. The van der Waals surface area contributed by atoms with Gasteiger partial charge in [0.25, 0.3) is 5.91 Å². The predicted octanol–water partition coefficient (Wildman–Crippen LogP) is 4.59. The molecule has 1 unspecified atom stereocenters. The van der Waals surface area contributed by atoms with Gasteiger partial charge in [-0.2, -0.15) is 0 Å². The Morgan fingerprint density at radius 2 is 1.72 bits per heavy atom. The van der Waals surface area contributed by atoms with Gasteiger partial charge in [0, 0.05) is 11.3 Å². The molecule has 2 aromatic rings. The zero-order valence-corrected chi connectivity index (χ0v) is 15.4. The summed E-state index contributed by atoms with van der Waals surface area (Å²) in [6.45, 7) is 9.58. The van der Waals surface area contributed by atoms with Crippen LogP contribution in [0.25, 0.3) is 0 Å². The van der Waals surface area contributed by atoms with Crippen LogP contribution in [-0.4, -0.2) is 17.8 Å². The number of hydrogen-bond acceptors (Lipinski definition) is 3. The minimum absolute atomic E-state index is 0.0119. The van der Waals surface area contributed by atoms with Gasteiger partial charge in [-0.3, -0.25) is 9.59 Å². The van der Waals surface area contributed by atoms with Gasteiger partial charge in [0.2, 0.25) is 0 Å². The zero-order chi connectivity index (χ0) is 18.6. The van der Waals surface area contributed by atoms with Crippen molar-refractivity contribution >= 4 is 17.4 Å². The predicted molar refractivity (Wildman–Crippen MR) is 100 cm³/mol. The van der Waals surface area contributed by atoms with E-state index in [1.807, 2.05) is 24.3 Å². The number of ketones is 1. The van der Waals surface area contributed by atoms with Crippen molar-refractivity contribution in [1.29, 1.82) is 0 Å². The second kappa shape index (κ2) is 7.51. The lowest BCUT2D eigenvalue weighted by Gasteiger charge is -2.21. The van der Waals surface area contributed by atoms with Gasteiger partial charge < -0.3 is 10.1 Å². The molecule has 132 valence electrons. The molecule has 0 aliphatic heterocycles. The number of ether oxygens (including phenoxy) is 1. The fourth-order valence-electron chi connectivity index (χ4n) is 2.35. The van der Waals surface area contributed by atoms with Crippen LogP contribution in [-0.2, 0) is 10.2 Å². The summed E-state index contributed by atoms with van der Waals surface area (Å²) in [6, 6.07) is 14.6. The van der Waals surface area contributed by atoms with E-state index < -0.39 is 6.10 Å². The van der Waals surface area contributed by atoms with Crippen molar-refractivity contribution in [2.24, 2.45) is 0 Å². The van der Waals surface area contributed by atoms with E-state index in [0.29, 0.717) is 17.0 Å². The molecule has 0 fully saturated rings. The average molecular weight is 339 g/mol. The third kappa shape index (κ3) is 5.18. The molecule has 25 heavy (non-hydrogen) atoms. The molecule has 0 heterocycles. The molecule has 0 saturated heterocycles. The van der Waals surface area contributed by atoms with Crippen molar-refractivity contribution < 1.29 is 14.3 Å². The maximum atomic E-state index is 12.4. The molecule has 0 aromatic heterocycles. The van der Waals surface area contributed by atoms with Gasteiger partial charge in [0.1, 0.15) is 5.75 Å². The van der Waals surface area contributed by atoms with E-state index >= 15 is 0 Å². The number of rotatable bonds is 5. The van der Waals surface area contributed by atoms with Gasteiger partial charge in [-0.05, 0) is 49.1 Å². The smallest absolute Gasteiger partial charge is 0.265 e. The molecule has 0 radical (unpaired) electrons. The third-order valence-corrected chi connectivity index (χ3v) is 3.92. The van der Waals surface area contributed by atoms with Crippen molar-refractivity contribution in [2.45, 2.75) is 46.1 Å². The normalized spacial score (nSPS) is 12.4. The molecule has 0 aliphatic rings.